The fourth-order valence-electron chi connectivity index (χ4n) is 4.52. The van der Waals surface area contributed by atoms with Gasteiger partial charge in [0.1, 0.15) is 0 Å². The van der Waals surface area contributed by atoms with Crippen molar-refractivity contribution in [2.24, 2.45) is 17.3 Å². The summed E-state index contributed by atoms with van der Waals surface area (Å²) < 4.78 is 12.2. The smallest absolute Gasteiger partial charge is 0.325 e. The molecular weight excluding hydrogens is 252 g/mol. The lowest BCUT2D eigenvalue weighted by atomic mass is 9.78. The third-order valence-corrected chi connectivity index (χ3v) is 8.26. The Morgan fingerprint density at radius 2 is 1.68 bits per heavy atom. The Hall–Kier alpha value is 0.137. The molecule has 2 bridgehead atoms. The van der Waals surface area contributed by atoms with Crippen molar-refractivity contribution in [3.8, 4) is 0 Å². The Bertz CT molecular complexity index is 266. The highest BCUT2D eigenvalue weighted by Crippen LogP contribution is 2.62. The van der Waals surface area contributed by atoms with Crippen LogP contribution in [0.4, 0.5) is 0 Å². The van der Waals surface area contributed by atoms with Gasteiger partial charge in [-0.05, 0) is 69.6 Å². The summed E-state index contributed by atoms with van der Waals surface area (Å²) in [6.45, 7) is 10.6. The second-order valence-electron chi connectivity index (χ2n) is 7.02. The minimum atomic E-state index is -1.52. The van der Waals surface area contributed by atoms with Gasteiger partial charge >= 0.3 is 9.28 Å². The molecule has 3 heteroatoms. The van der Waals surface area contributed by atoms with Crippen LogP contribution in [0.25, 0.3) is 0 Å². The number of fused-ring (bicyclic) bond motifs is 2. The van der Waals surface area contributed by atoms with Crippen LogP contribution < -0.4 is 0 Å². The molecule has 112 valence electrons. The molecular formula is C16H32O2Si. The highest BCUT2D eigenvalue weighted by molar-refractivity contribution is 6.46. The molecule has 0 spiro atoms. The van der Waals surface area contributed by atoms with Crippen LogP contribution in [0, 0.1) is 17.3 Å². The first-order valence-corrected chi connectivity index (χ1v) is 9.95. The number of rotatable bonds is 8. The van der Waals surface area contributed by atoms with Gasteiger partial charge < -0.3 is 8.85 Å². The molecule has 2 rings (SSSR count). The molecule has 0 aromatic heterocycles. The quantitative estimate of drug-likeness (QED) is 0.620. The monoisotopic (exact) mass is 284 g/mol. The molecule has 0 aromatic rings. The van der Waals surface area contributed by atoms with E-state index in [1.54, 1.807) is 0 Å². The van der Waals surface area contributed by atoms with Crippen LogP contribution in [-0.4, -0.2) is 22.5 Å². The molecule has 0 aromatic carbocycles. The molecule has 0 saturated heterocycles. The standard InChI is InChI=1S/C16H32O2Si/c1-5-17-19(18-6-2)15(11-13(3)4)16-9-7-14(12-16)8-10-16/h13-15,19H,5-12H2,1-4H3. The molecule has 2 saturated carbocycles. The van der Waals surface area contributed by atoms with Gasteiger partial charge in [-0.1, -0.05) is 13.8 Å². The first-order valence-electron chi connectivity index (χ1n) is 8.34. The summed E-state index contributed by atoms with van der Waals surface area (Å²) in [6, 6.07) is 0. The second kappa shape index (κ2) is 6.73. The summed E-state index contributed by atoms with van der Waals surface area (Å²) in [7, 11) is -1.52. The third kappa shape index (κ3) is 3.42. The summed E-state index contributed by atoms with van der Waals surface area (Å²) in [4.78, 5) is 0. The summed E-state index contributed by atoms with van der Waals surface area (Å²) in [5, 5.41) is 0. The van der Waals surface area contributed by atoms with E-state index in [4.69, 9.17) is 8.85 Å². The topological polar surface area (TPSA) is 18.5 Å². The zero-order valence-corrected chi connectivity index (χ0v) is 14.4. The zero-order valence-electron chi connectivity index (χ0n) is 13.3. The lowest BCUT2D eigenvalue weighted by molar-refractivity contribution is 0.152. The molecule has 0 heterocycles. The molecule has 2 aliphatic rings. The second-order valence-corrected chi connectivity index (χ2v) is 9.23. The van der Waals surface area contributed by atoms with Crippen LogP contribution in [0.1, 0.15) is 66.2 Å². The van der Waals surface area contributed by atoms with Crippen molar-refractivity contribution >= 4 is 9.28 Å². The number of hydrogen-bond acceptors (Lipinski definition) is 2. The van der Waals surface area contributed by atoms with Gasteiger partial charge in [-0.15, -0.1) is 0 Å². The molecule has 2 aliphatic carbocycles. The number of hydrogen-bond donors (Lipinski definition) is 0. The molecule has 2 fully saturated rings. The predicted octanol–water partition coefficient (Wildman–Crippen LogP) is 4.28. The Morgan fingerprint density at radius 1 is 1.11 bits per heavy atom. The van der Waals surface area contributed by atoms with Gasteiger partial charge in [0.2, 0.25) is 0 Å². The minimum absolute atomic E-state index is 0.593. The lowest BCUT2D eigenvalue weighted by Gasteiger charge is -2.40. The lowest BCUT2D eigenvalue weighted by Crippen LogP contribution is -2.39. The fourth-order valence-corrected chi connectivity index (χ4v) is 7.56. The van der Waals surface area contributed by atoms with Gasteiger partial charge in [-0.2, -0.15) is 0 Å². The zero-order chi connectivity index (χ0) is 13.9. The highest BCUT2D eigenvalue weighted by Gasteiger charge is 2.53. The van der Waals surface area contributed by atoms with Crippen LogP contribution in [0.3, 0.4) is 0 Å². The van der Waals surface area contributed by atoms with Crippen LogP contribution in [0.2, 0.25) is 5.54 Å². The van der Waals surface area contributed by atoms with Crippen LogP contribution in [0.15, 0.2) is 0 Å². The first kappa shape index (κ1) is 15.5. The summed E-state index contributed by atoms with van der Waals surface area (Å²) >= 11 is 0. The molecule has 0 N–H and O–H groups in total. The van der Waals surface area contributed by atoms with E-state index in [9.17, 15) is 0 Å². The summed E-state index contributed by atoms with van der Waals surface area (Å²) in [5.74, 6) is 1.78. The first-order chi connectivity index (χ1) is 9.11. The third-order valence-electron chi connectivity index (χ3n) is 5.30. The summed E-state index contributed by atoms with van der Waals surface area (Å²) in [6.07, 6.45) is 8.59. The molecule has 0 aliphatic heterocycles. The summed E-state index contributed by atoms with van der Waals surface area (Å²) in [5.41, 5.74) is 1.33. The van der Waals surface area contributed by atoms with Crippen molar-refractivity contribution in [1.82, 2.24) is 0 Å². The minimum Gasteiger partial charge on any atom is -0.397 e. The molecule has 0 radical (unpaired) electrons. The van der Waals surface area contributed by atoms with Gasteiger partial charge in [-0.25, -0.2) is 0 Å². The molecule has 19 heavy (non-hydrogen) atoms. The Labute approximate surface area is 121 Å². The van der Waals surface area contributed by atoms with Crippen molar-refractivity contribution in [2.75, 3.05) is 13.2 Å². The van der Waals surface area contributed by atoms with Crippen LogP contribution >= 0.6 is 0 Å². The van der Waals surface area contributed by atoms with E-state index in [-0.39, 0.29) is 0 Å². The maximum atomic E-state index is 6.12. The van der Waals surface area contributed by atoms with E-state index >= 15 is 0 Å². The molecule has 0 amide bonds. The van der Waals surface area contributed by atoms with Crippen LogP contribution in [-0.2, 0) is 8.85 Å². The van der Waals surface area contributed by atoms with Gasteiger partial charge in [0.15, 0.2) is 0 Å². The van der Waals surface area contributed by atoms with E-state index in [1.165, 1.54) is 38.5 Å². The average molecular weight is 285 g/mol. The van der Waals surface area contributed by atoms with Gasteiger partial charge in [0, 0.05) is 18.8 Å². The SMILES string of the molecule is CCO[SiH](OCC)C(CC(C)C)C12CCC(CC1)C2. The maximum absolute atomic E-state index is 6.12. The highest BCUT2D eigenvalue weighted by atomic mass is 28.3. The van der Waals surface area contributed by atoms with E-state index in [0.29, 0.717) is 5.41 Å². The normalized spacial score (nSPS) is 31.6. The van der Waals surface area contributed by atoms with Crippen molar-refractivity contribution in [3.63, 3.8) is 0 Å². The maximum Gasteiger partial charge on any atom is 0.325 e. The van der Waals surface area contributed by atoms with E-state index in [0.717, 1.165) is 30.6 Å². The molecule has 1 unspecified atom stereocenters. The van der Waals surface area contributed by atoms with E-state index in [1.807, 2.05) is 0 Å². The Morgan fingerprint density at radius 3 is 2.05 bits per heavy atom. The predicted molar refractivity (Wildman–Crippen MR) is 82.6 cm³/mol. The van der Waals surface area contributed by atoms with E-state index in [2.05, 4.69) is 27.7 Å². The average Bonchev–Trinajstić information content (AvgIpc) is 2.97. The van der Waals surface area contributed by atoms with Crippen LogP contribution in [0.5, 0.6) is 0 Å². The molecule has 1 atom stereocenters. The van der Waals surface area contributed by atoms with Crippen molar-refractivity contribution < 1.29 is 8.85 Å². The largest absolute Gasteiger partial charge is 0.397 e. The molecule has 2 nitrogen and oxygen atoms in total. The fraction of sp³-hybridized carbons (Fsp3) is 1.00. The van der Waals surface area contributed by atoms with Crippen molar-refractivity contribution in [1.29, 1.82) is 0 Å². The van der Waals surface area contributed by atoms with Gasteiger partial charge in [-0.3, -0.25) is 0 Å². The van der Waals surface area contributed by atoms with Gasteiger partial charge in [0.25, 0.3) is 0 Å². The van der Waals surface area contributed by atoms with Crippen molar-refractivity contribution in [2.45, 2.75) is 71.8 Å². The van der Waals surface area contributed by atoms with Gasteiger partial charge in [0.05, 0.1) is 0 Å². The van der Waals surface area contributed by atoms with Crippen molar-refractivity contribution in [3.05, 3.63) is 0 Å². The van der Waals surface area contributed by atoms with E-state index < -0.39 is 9.28 Å². The Kier molecular flexibility index (Phi) is 5.50. The Balaban J connectivity index is 2.13.